The fourth-order valence-corrected chi connectivity index (χ4v) is 1.73. The molecule has 0 saturated heterocycles. The minimum absolute atomic E-state index is 0.125. The van der Waals surface area contributed by atoms with Crippen LogP contribution in [-0.4, -0.2) is 32.8 Å². The summed E-state index contributed by atoms with van der Waals surface area (Å²) < 4.78 is 6.35. The Morgan fingerprint density at radius 1 is 1.32 bits per heavy atom. The molecule has 0 unspecified atom stereocenters. The number of esters is 1. The lowest BCUT2D eigenvalue weighted by Crippen LogP contribution is -2.15. The van der Waals surface area contributed by atoms with E-state index >= 15 is 0 Å². The second-order valence-electron chi connectivity index (χ2n) is 4.30. The summed E-state index contributed by atoms with van der Waals surface area (Å²) in [5.41, 5.74) is 3.47. The fourth-order valence-electron chi connectivity index (χ4n) is 1.73. The minimum atomic E-state index is -0.503. The number of aromatic nitrogens is 4. The van der Waals surface area contributed by atoms with E-state index in [4.69, 9.17) is 4.74 Å². The van der Waals surface area contributed by atoms with Gasteiger partial charge in [-0.1, -0.05) is 18.2 Å². The summed E-state index contributed by atoms with van der Waals surface area (Å²) in [5.74, 6) is -0.378. The lowest BCUT2D eigenvalue weighted by Gasteiger charge is -2.06. The van der Waals surface area contributed by atoms with Crippen molar-refractivity contribution in [2.75, 3.05) is 6.61 Å². The molecule has 0 amide bonds. The quantitative estimate of drug-likeness (QED) is 0.779. The Morgan fingerprint density at radius 2 is 2.11 bits per heavy atom. The predicted octanol–water partition coefficient (Wildman–Crippen LogP) is 1.51. The van der Waals surface area contributed by atoms with Crippen LogP contribution in [0.1, 0.15) is 34.2 Å². The summed E-state index contributed by atoms with van der Waals surface area (Å²) in [5, 5.41) is 11.0. The first kappa shape index (κ1) is 13.2. The number of carbonyl (C=O) groups is 1. The van der Waals surface area contributed by atoms with Gasteiger partial charge in [-0.3, -0.25) is 0 Å². The zero-order valence-electron chi connectivity index (χ0n) is 11.3. The van der Waals surface area contributed by atoms with E-state index in [0.717, 1.165) is 5.56 Å². The number of hydrogen-bond acceptors (Lipinski definition) is 5. The van der Waals surface area contributed by atoms with Crippen molar-refractivity contribution >= 4 is 5.97 Å². The SMILES string of the molecule is CCOC(=O)c1nnnn1Cc1ccc(C)c(C)c1. The van der Waals surface area contributed by atoms with E-state index in [1.54, 1.807) is 6.92 Å². The van der Waals surface area contributed by atoms with Gasteiger partial charge in [0.05, 0.1) is 13.2 Å². The van der Waals surface area contributed by atoms with Crippen LogP contribution < -0.4 is 0 Å². The normalized spacial score (nSPS) is 10.5. The van der Waals surface area contributed by atoms with E-state index in [1.165, 1.54) is 15.8 Å². The van der Waals surface area contributed by atoms with Crippen LogP contribution in [0.5, 0.6) is 0 Å². The summed E-state index contributed by atoms with van der Waals surface area (Å²) in [7, 11) is 0. The number of tetrazole rings is 1. The molecule has 0 atom stereocenters. The molecule has 0 aliphatic carbocycles. The number of hydrogen-bond donors (Lipinski definition) is 0. The summed E-state index contributed by atoms with van der Waals surface area (Å²) >= 11 is 0. The predicted molar refractivity (Wildman–Crippen MR) is 68.8 cm³/mol. The second-order valence-corrected chi connectivity index (χ2v) is 4.30. The number of benzene rings is 1. The first-order valence-corrected chi connectivity index (χ1v) is 6.11. The van der Waals surface area contributed by atoms with E-state index in [2.05, 4.69) is 28.5 Å². The van der Waals surface area contributed by atoms with Crippen molar-refractivity contribution in [3.05, 3.63) is 40.7 Å². The largest absolute Gasteiger partial charge is 0.460 e. The Kier molecular flexibility index (Phi) is 3.89. The molecule has 1 heterocycles. The third-order valence-electron chi connectivity index (χ3n) is 2.89. The fraction of sp³-hybridized carbons (Fsp3) is 0.385. The maximum Gasteiger partial charge on any atom is 0.378 e. The lowest BCUT2D eigenvalue weighted by atomic mass is 10.1. The second kappa shape index (κ2) is 5.60. The summed E-state index contributed by atoms with van der Waals surface area (Å²) in [6, 6.07) is 6.10. The Bertz CT molecular complexity index is 592. The molecule has 2 aromatic rings. The number of aryl methyl sites for hydroxylation is 2. The van der Waals surface area contributed by atoms with Crippen LogP contribution in [-0.2, 0) is 11.3 Å². The Hall–Kier alpha value is -2.24. The highest BCUT2D eigenvalue weighted by atomic mass is 16.5. The van der Waals surface area contributed by atoms with Gasteiger partial charge in [0.2, 0.25) is 0 Å². The maximum atomic E-state index is 11.7. The smallest absolute Gasteiger partial charge is 0.378 e. The van der Waals surface area contributed by atoms with E-state index in [1.807, 2.05) is 19.1 Å². The van der Waals surface area contributed by atoms with Gasteiger partial charge in [0, 0.05) is 0 Å². The zero-order valence-corrected chi connectivity index (χ0v) is 11.3. The van der Waals surface area contributed by atoms with E-state index in [9.17, 15) is 4.79 Å². The van der Waals surface area contributed by atoms with Crippen LogP contribution in [0.15, 0.2) is 18.2 Å². The first-order chi connectivity index (χ1) is 9.11. The molecule has 0 fully saturated rings. The molecule has 100 valence electrons. The standard InChI is InChI=1S/C13H16N4O2/c1-4-19-13(18)12-14-15-16-17(12)8-11-6-5-9(2)10(3)7-11/h5-7H,4,8H2,1-3H3. The van der Waals surface area contributed by atoms with Crippen molar-refractivity contribution < 1.29 is 9.53 Å². The van der Waals surface area contributed by atoms with Crippen molar-refractivity contribution in [1.29, 1.82) is 0 Å². The van der Waals surface area contributed by atoms with Gasteiger partial charge < -0.3 is 4.74 Å². The molecule has 19 heavy (non-hydrogen) atoms. The van der Waals surface area contributed by atoms with Crippen LogP contribution in [0, 0.1) is 13.8 Å². The average molecular weight is 260 g/mol. The highest BCUT2D eigenvalue weighted by Gasteiger charge is 2.16. The van der Waals surface area contributed by atoms with Gasteiger partial charge in [-0.25, -0.2) is 9.48 Å². The highest BCUT2D eigenvalue weighted by Crippen LogP contribution is 2.11. The van der Waals surface area contributed by atoms with Crippen molar-refractivity contribution in [2.24, 2.45) is 0 Å². The van der Waals surface area contributed by atoms with E-state index in [-0.39, 0.29) is 5.82 Å². The first-order valence-electron chi connectivity index (χ1n) is 6.11. The molecular formula is C13H16N4O2. The van der Waals surface area contributed by atoms with Crippen LogP contribution >= 0.6 is 0 Å². The van der Waals surface area contributed by atoms with Gasteiger partial charge in [0.1, 0.15) is 0 Å². The Balaban J connectivity index is 2.21. The van der Waals surface area contributed by atoms with Crippen LogP contribution in [0.4, 0.5) is 0 Å². The molecule has 0 aliphatic rings. The van der Waals surface area contributed by atoms with Crippen molar-refractivity contribution in [3.8, 4) is 0 Å². The summed E-state index contributed by atoms with van der Waals surface area (Å²) in [6.45, 7) is 6.60. The zero-order chi connectivity index (χ0) is 13.8. The molecule has 0 N–H and O–H groups in total. The third kappa shape index (κ3) is 2.96. The van der Waals surface area contributed by atoms with Gasteiger partial charge >= 0.3 is 5.97 Å². The molecule has 1 aromatic heterocycles. The molecule has 6 nitrogen and oxygen atoms in total. The van der Waals surface area contributed by atoms with Crippen molar-refractivity contribution in [2.45, 2.75) is 27.3 Å². The monoisotopic (exact) mass is 260 g/mol. The third-order valence-corrected chi connectivity index (χ3v) is 2.89. The van der Waals surface area contributed by atoms with Crippen LogP contribution in [0.3, 0.4) is 0 Å². The molecular weight excluding hydrogens is 244 g/mol. The van der Waals surface area contributed by atoms with Crippen molar-refractivity contribution in [1.82, 2.24) is 20.2 Å². The number of ether oxygens (including phenoxy) is 1. The van der Waals surface area contributed by atoms with Gasteiger partial charge in [-0.2, -0.15) is 0 Å². The number of nitrogens with zero attached hydrogens (tertiary/aromatic N) is 4. The van der Waals surface area contributed by atoms with Crippen LogP contribution in [0.25, 0.3) is 0 Å². The number of carbonyl (C=O) groups excluding carboxylic acids is 1. The average Bonchev–Trinajstić information content (AvgIpc) is 2.82. The summed E-state index contributed by atoms with van der Waals surface area (Å²) in [4.78, 5) is 11.7. The van der Waals surface area contributed by atoms with Gasteiger partial charge in [0.15, 0.2) is 0 Å². The highest BCUT2D eigenvalue weighted by molar-refractivity contribution is 5.85. The molecule has 0 saturated carbocycles. The molecule has 0 spiro atoms. The maximum absolute atomic E-state index is 11.7. The number of rotatable bonds is 4. The Labute approximate surface area is 111 Å². The topological polar surface area (TPSA) is 69.9 Å². The minimum Gasteiger partial charge on any atom is -0.460 e. The molecule has 0 radical (unpaired) electrons. The molecule has 0 aliphatic heterocycles. The van der Waals surface area contributed by atoms with Gasteiger partial charge in [0.25, 0.3) is 5.82 Å². The summed E-state index contributed by atoms with van der Waals surface area (Å²) in [6.07, 6.45) is 0. The van der Waals surface area contributed by atoms with Crippen LogP contribution in [0.2, 0.25) is 0 Å². The molecule has 6 heteroatoms. The van der Waals surface area contributed by atoms with Gasteiger partial charge in [-0.15, -0.1) is 5.10 Å². The van der Waals surface area contributed by atoms with E-state index in [0.29, 0.717) is 13.2 Å². The lowest BCUT2D eigenvalue weighted by molar-refractivity contribution is 0.0505. The molecule has 2 rings (SSSR count). The van der Waals surface area contributed by atoms with Crippen molar-refractivity contribution in [3.63, 3.8) is 0 Å². The molecule has 1 aromatic carbocycles. The molecule has 0 bridgehead atoms. The van der Waals surface area contributed by atoms with Gasteiger partial charge in [-0.05, 0) is 47.9 Å². The van der Waals surface area contributed by atoms with E-state index < -0.39 is 5.97 Å². The Morgan fingerprint density at radius 3 is 2.79 bits per heavy atom.